The molecule has 4 rings (SSSR count). The van der Waals surface area contributed by atoms with Gasteiger partial charge in [-0.3, -0.25) is 9.52 Å². The van der Waals surface area contributed by atoms with Crippen molar-refractivity contribution >= 4 is 27.3 Å². The molecule has 0 bridgehead atoms. The zero-order valence-corrected chi connectivity index (χ0v) is 19.2. The number of rotatable bonds is 7. The Bertz CT molecular complexity index is 1450. The van der Waals surface area contributed by atoms with Crippen molar-refractivity contribution in [3.8, 4) is 17.2 Å². The van der Waals surface area contributed by atoms with E-state index in [-0.39, 0.29) is 27.7 Å². The van der Waals surface area contributed by atoms with Gasteiger partial charge in [-0.2, -0.15) is 5.10 Å². The highest BCUT2D eigenvalue weighted by Crippen LogP contribution is 2.30. The fourth-order valence-electron chi connectivity index (χ4n) is 3.32. The van der Waals surface area contributed by atoms with E-state index in [1.165, 1.54) is 25.3 Å². The molecule has 3 aromatic carbocycles. The molecule has 1 heterocycles. The number of aromatic hydroxyl groups is 1. The summed E-state index contributed by atoms with van der Waals surface area (Å²) in [6.07, 6.45) is 0. The smallest absolute Gasteiger partial charge is 0.276 e. The summed E-state index contributed by atoms with van der Waals surface area (Å²) < 4.78 is 35.1. The lowest BCUT2D eigenvalue weighted by molar-refractivity contribution is 0.102. The molecule has 1 aromatic heterocycles. The number of carbonyl (C=O) groups excluding carboxylic acids is 1. The van der Waals surface area contributed by atoms with Gasteiger partial charge in [0, 0.05) is 5.69 Å². The second kappa shape index (κ2) is 9.28. The van der Waals surface area contributed by atoms with Crippen LogP contribution in [0, 0.1) is 6.92 Å². The van der Waals surface area contributed by atoms with Crippen molar-refractivity contribution in [1.29, 1.82) is 0 Å². The van der Waals surface area contributed by atoms with Crippen LogP contribution in [0.5, 0.6) is 11.5 Å². The molecule has 0 aliphatic rings. The monoisotopic (exact) mass is 478 g/mol. The average molecular weight is 479 g/mol. The van der Waals surface area contributed by atoms with Crippen molar-refractivity contribution in [3.05, 3.63) is 90.3 Å². The number of carbonyl (C=O) groups is 1. The van der Waals surface area contributed by atoms with Gasteiger partial charge in [0.15, 0.2) is 5.69 Å². The van der Waals surface area contributed by atoms with Crippen LogP contribution >= 0.6 is 0 Å². The number of ether oxygens (including phenoxy) is 1. The Morgan fingerprint density at radius 3 is 2.41 bits per heavy atom. The molecular formula is C24H22N4O5S. The van der Waals surface area contributed by atoms with Gasteiger partial charge in [-0.15, -0.1) is 0 Å². The third-order valence-electron chi connectivity index (χ3n) is 5.00. The molecule has 0 unspecified atom stereocenters. The van der Waals surface area contributed by atoms with E-state index in [1.54, 1.807) is 35.0 Å². The first-order valence-corrected chi connectivity index (χ1v) is 11.7. The van der Waals surface area contributed by atoms with Crippen molar-refractivity contribution in [2.75, 3.05) is 17.1 Å². The highest BCUT2D eigenvalue weighted by Gasteiger charge is 2.20. The van der Waals surface area contributed by atoms with Crippen LogP contribution in [0.25, 0.3) is 5.69 Å². The number of methoxy groups -OCH3 is 1. The molecule has 0 atom stereocenters. The van der Waals surface area contributed by atoms with Crippen molar-refractivity contribution in [1.82, 2.24) is 9.78 Å². The minimum Gasteiger partial charge on any atom is -0.506 e. The maximum atomic E-state index is 12.9. The molecule has 10 heteroatoms. The Hall–Kier alpha value is -4.31. The van der Waals surface area contributed by atoms with Gasteiger partial charge in [0.2, 0.25) is 0 Å². The first-order valence-electron chi connectivity index (χ1n) is 10.2. The Kier molecular flexibility index (Phi) is 6.24. The van der Waals surface area contributed by atoms with E-state index in [4.69, 9.17) is 4.74 Å². The minimum absolute atomic E-state index is 0.0696. The molecule has 0 fully saturated rings. The number of phenols is 1. The number of para-hydroxylation sites is 3. The summed E-state index contributed by atoms with van der Waals surface area (Å²) in [5, 5.41) is 17.1. The lowest BCUT2D eigenvalue weighted by Gasteiger charge is -2.13. The van der Waals surface area contributed by atoms with Crippen molar-refractivity contribution < 1.29 is 23.1 Å². The predicted octanol–water partition coefficient (Wildman–Crippen LogP) is 3.95. The molecule has 0 saturated carbocycles. The number of amides is 1. The molecule has 0 aliphatic carbocycles. The zero-order valence-electron chi connectivity index (χ0n) is 18.4. The van der Waals surface area contributed by atoms with E-state index in [0.29, 0.717) is 5.75 Å². The third-order valence-corrected chi connectivity index (χ3v) is 6.36. The van der Waals surface area contributed by atoms with Crippen molar-refractivity contribution in [2.24, 2.45) is 0 Å². The van der Waals surface area contributed by atoms with Crippen LogP contribution in [-0.4, -0.2) is 36.3 Å². The molecule has 1 amide bonds. The van der Waals surface area contributed by atoms with Gasteiger partial charge in [-0.1, -0.05) is 30.3 Å². The predicted molar refractivity (Wildman–Crippen MR) is 128 cm³/mol. The Morgan fingerprint density at radius 1 is 0.971 bits per heavy atom. The Balaban J connectivity index is 1.59. The summed E-state index contributed by atoms with van der Waals surface area (Å²) in [7, 11) is -2.60. The van der Waals surface area contributed by atoms with Crippen LogP contribution in [-0.2, 0) is 10.0 Å². The molecular weight excluding hydrogens is 456 g/mol. The standard InChI is InChI=1S/C24H22N4O5S/c1-16-14-21(26-28(16)17-8-4-3-5-9-17)24(30)25-20-15-18(12-13-22(20)29)34(31,32)27-19-10-6-7-11-23(19)33-2/h3-15,27,29H,1-2H3,(H,25,30). The summed E-state index contributed by atoms with van der Waals surface area (Å²) >= 11 is 0. The molecule has 0 radical (unpaired) electrons. The van der Waals surface area contributed by atoms with Crippen LogP contribution in [0.1, 0.15) is 16.2 Å². The first-order chi connectivity index (χ1) is 16.3. The van der Waals surface area contributed by atoms with E-state index < -0.39 is 15.9 Å². The van der Waals surface area contributed by atoms with E-state index in [9.17, 15) is 18.3 Å². The number of nitrogens with one attached hydrogen (secondary N) is 2. The van der Waals surface area contributed by atoms with Crippen LogP contribution in [0.3, 0.4) is 0 Å². The number of aryl methyl sites for hydroxylation is 1. The summed E-state index contributed by atoms with van der Waals surface area (Å²) in [5.74, 6) is -0.535. The molecule has 3 N–H and O–H groups in total. The first kappa shape index (κ1) is 22.9. The number of sulfonamides is 1. The van der Waals surface area contributed by atoms with Gasteiger partial charge < -0.3 is 15.2 Å². The second-order valence-corrected chi connectivity index (χ2v) is 9.04. The van der Waals surface area contributed by atoms with Crippen molar-refractivity contribution in [3.63, 3.8) is 0 Å². The normalized spacial score (nSPS) is 11.1. The van der Waals surface area contributed by atoms with E-state index >= 15 is 0 Å². The maximum Gasteiger partial charge on any atom is 0.276 e. The van der Waals surface area contributed by atoms with E-state index in [2.05, 4.69) is 15.1 Å². The number of phenolic OH excluding ortho intramolecular Hbond substituents is 1. The molecule has 4 aromatic rings. The number of anilines is 2. The number of nitrogens with zero attached hydrogens (tertiary/aromatic N) is 2. The lowest BCUT2D eigenvalue weighted by atomic mass is 10.2. The van der Waals surface area contributed by atoms with Gasteiger partial charge in [0.1, 0.15) is 11.5 Å². The summed E-state index contributed by atoms with van der Waals surface area (Å²) in [6.45, 7) is 1.81. The van der Waals surface area contributed by atoms with Crippen LogP contribution in [0.15, 0.2) is 83.8 Å². The van der Waals surface area contributed by atoms with E-state index in [0.717, 1.165) is 11.4 Å². The zero-order chi connectivity index (χ0) is 24.3. The highest BCUT2D eigenvalue weighted by atomic mass is 32.2. The fourth-order valence-corrected chi connectivity index (χ4v) is 4.41. The average Bonchev–Trinajstić information content (AvgIpc) is 3.23. The van der Waals surface area contributed by atoms with Gasteiger partial charge >= 0.3 is 0 Å². The maximum absolute atomic E-state index is 12.9. The number of hydrogen-bond acceptors (Lipinski definition) is 6. The van der Waals surface area contributed by atoms with Gasteiger partial charge in [0.05, 0.1) is 29.1 Å². The van der Waals surface area contributed by atoms with Crippen molar-refractivity contribution in [2.45, 2.75) is 11.8 Å². The topological polar surface area (TPSA) is 123 Å². The van der Waals surface area contributed by atoms with Gasteiger partial charge in [-0.05, 0) is 55.5 Å². The molecule has 0 aliphatic heterocycles. The SMILES string of the molecule is COc1ccccc1NS(=O)(=O)c1ccc(O)c(NC(=O)c2cc(C)n(-c3ccccc3)n2)c1. The lowest BCUT2D eigenvalue weighted by Crippen LogP contribution is -2.16. The van der Waals surface area contributed by atoms with Gasteiger partial charge in [-0.25, -0.2) is 13.1 Å². The largest absolute Gasteiger partial charge is 0.506 e. The molecule has 174 valence electrons. The molecule has 0 saturated heterocycles. The highest BCUT2D eigenvalue weighted by molar-refractivity contribution is 7.92. The quantitative estimate of drug-likeness (QED) is 0.346. The number of hydrogen-bond donors (Lipinski definition) is 3. The Labute approximate surface area is 196 Å². The third kappa shape index (κ3) is 4.71. The van der Waals surface area contributed by atoms with Crippen LogP contribution in [0.2, 0.25) is 0 Å². The van der Waals surface area contributed by atoms with Crippen LogP contribution < -0.4 is 14.8 Å². The summed E-state index contributed by atoms with van der Waals surface area (Å²) in [6, 6.07) is 21.1. The fraction of sp³-hybridized carbons (Fsp3) is 0.0833. The molecule has 0 spiro atoms. The minimum atomic E-state index is -4.04. The van der Waals surface area contributed by atoms with Gasteiger partial charge in [0.25, 0.3) is 15.9 Å². The summed E-state index contributed by atoms with van der Waals surface area (Å²) in [4.78, 5) is 12.7. The van der Waals surface area contributed by atoms with E-state index in [1.807, 2.05) is 37.3 Å². The molecule has 9 nitrogen and oxygen atoms in total. The number of aromatic nitrogens is 2. The Morgan fingerprint density at radius 2 is 1.68 bits per heavy atom. The molecule has 34 heavy (non-hydrogen) atoms. The summed E-state index contributed by atoms with van der Waals surface area (Å²) in [5.41, 5.74) is 1.82. The van der Waals surface area contributed by atoms with Crippen LogP contribution in [0.4, 0.5) is 11.4 Å². The number of benzene rings is 3. The second-order valence-electron chi connectivity index (χ2n) is 7.36.